The number of pyridine rings is 1. The minimum atomic E-state index is -0.0725. The first-order valence-electron chi connectivity index (χ1n) is 8.71. The predicted molar refractivity (Wildman–Crippen MR) is 97.2 cm³/mol. The second-order valence-corrected chi connectivity index (χ2v) is 6.24. The van der Waals surface area contributed by atoms with Gasteiger partial charge in [0.2, 0.25) is 0 Å². The van der Waals surface area contributed by atoms with Crippen molar-refractivity contribution in [1.29, 1.82) is 0 Å². The van der Waals surface area contributed by atoms with E-state index in [1.54, 1.807) is 7.11 Å². The summed E-state index contributed by atoms with van der Waals surface area (Å²) in [5, 5.41) is 3.91. The number of aryl methyl sites for hydroxylation is 1. The van der Waals surface area contributed by atoms with Gasteiger partial charge in [-0.2, -0.15) is 0 Å². The second kappa shape index (κ2) is 8.27. The maximum Gasteiger partial charge on any atom is 0.253 e. The van der Waals surface area contributed by atoms with Gasteiger partial charge in [0.15, 0.2) is 0 Å². The number of nitrogens with one attached hydrogen (secondary N) is 1. The van der Waals surface area contributed by atoms with E-state index in [0.29, 0.717) is 12.1 Å². The minimum Gasteiger partial charge on any atom is -0.497 e. The summed E-state index contributed by atoms with van der Waals surface area (Å²) in [5.41, 5.74) is 2.22. The number of carbonyl (C=O) groups excluding carboxylic acids is 1. The van der Waals surface area contributed by atoms with Gasteiger partial charge in [-0.05, 0) is 44.2 Å². The van der Waals surface area contributed by atoms with Crippen LogP contribution < -0.4 is 10.1 Å². The smallest absolute Gasteiger partial charge is 0.253 e. The molecule has 6 nitrogen and oxygen atoms in total. The van der Waals surface area contributed by atoms with Gasteiger partial charge in [-0.15, -0.1) is 0 Å². The summed E-state index contributed by atoms with van der Waals surface area (Å²) in [6.07, 6.45) is 0.930. The van der Waals surface area contributed by atoms with Crippen molar-refractivity contribution < 1.29 is 14.3 Å². The van der Waals surface area contributed by atoms with E-state index in [-0.39, 0.29) is 5.91 Å². The van der Waals surface area contributed by atoms with E-state index in [0.717, 1.165) is 61.6 Å². The molecular weight excluding hydrogens is 318 g/mol. The van der Waals surface area contributed by atoms with E-state index in [4.69, 9.17) is 9.47 Å². The highest BCUT2D eigenvalue weighted by Crippen LogP contribution is 2.21. The van der Waals surface area contributed by atoms with Crippen LogP contribution in [0.15, 0.2) is 24.3 Å². The summed E-state index contributed by atoms with van der Waals surface area (Å²) in [6, 6.07) is 7.57. The molecular formula is C19H25N3O3. The quantitative estimate of drug-likeness (QED) is 0.813. The fourth-order valence-electron chi connectivity index (χ4n) is 3.03. The van der Waals surface area contributed by atoms with Crippen LogP contribution in [0.5, 0.6) is 5.75 Å². The predicted octanol–water partition coefficient (Wildman–Crippen LogP) is 2.00. The SMILES string of the molecule is COc1ccc2nc(C)c(C(=O)NCCCN3CCOCC3)cc2c1. The van der Waals surface area contributed by atoms with Crippen molar-refractivity contribution in [3.05, 3.63) is 35.5 Å². The number of benzene rings is 1. The molecule has 1 aliphatic heterocycles. The van der Waals surface area contributed by atoms with Gasteiger partial charge in [-0.25, -0.2) is 0 Å². The fourth-order valence-corrected chi connectivity index (χ4v) is 3.03. The molecule has 2 heterocycles. The van der Waals surface area contributed by atoms with E-state index in [2.05, 4.69) is 15.2 Å². The third kappa shape index (κ3) is 4.46. The van der Waals surface area contributed by atoms with Gasteiger partial charge in [-0.3, -0.25) is 14.7 Å². The molecule has 3 rings (SSSR count). The Bertz CT molecular complexity index is 742. The number of hydrogen-bond acceptors (Lipinski definition) is 5. The molecule has 1 N–H and O–H groups in total. The summed E-state index contributed by atoms with van der Waals surface area (Å²) in [6.45, 7) is 7.07. The van der Waals surface area contributed by atoms with Crippen LogP contribution in [0, 0.1) is 6.92 Å². The molecule has 134 valence electrons. The fraction of sp³-hybridized carbons (Fsp3) is 0.474. The lowest BCUT2D eigenvalue weighted by atomic mass is 10.1. The van der Waals surface area contributed by atoms with Gasteiger partial charge in [0.05, 0.1) is 37.1 Å². The van der Waals surface area contributed by atoms with E-state index < -0.39 is 0 Å². The van der Waals surface area contributed by atoms with E-state index >= 15 is 0 Å². The molecule has 1 aromatic carbocycles. The standard InChI is InChI=1S/C19H25N3O3/c1-14-17(13-15-12-16(24-2)4-5-18(15)21-14)19(23)20-6-3-7-22-8-10-25-11-9-22/h4-5,12-13H,3,6-11H2,1-2H3,(H,20,23). The second-order valence-electron chi connectivity index (χ2n) is 6.24. The number of amides is 1. The van der Waals surface area contributed by atoms with Gasteiger partial charge >= 0.3 is 0 Å². The number of methoxy groups -OCH3 is 1. The number of carbonyl (C=O) groups is 1. The van der Waals surface area contributed by atoms with Gasteiger partial charge in [0.25, 0.3) is 5.91 Å². The van der Waals surface area contributed by atoms with Crippen molar-refractivity contribution in [2.45, 2.75) is 13.3 Å². The van der Waals surface area contributed by atoms with Crippen molar-refractivity contribution in [3.63, 3.8) is 0 Å². The highest BCUT2D eigenvalue weighted by molar-refractivity contribution is 5.98. The zero-order chi connectivity index (χ0) is 17.6. The Kier molecular flexibility index (Phi) is 5.83. The number of rotatable bonds is 6. The highest BCUT2D eigenvalue weighted by Gasteiger charge is 2.13. The lowest BCUT2D eigenvalue weighted by Gasteiger charge is -2.26. The van der Waals surface area contributed by atoms with Gasteiger partial charge < -0.3 is 14.8 Å². The molecule has 25 heavy (non-hydrogen) atoms. The molecule has 1 aliphatic rings. The minimum absolute atomic E-state index is 0.0725. The summed E-state index contributed by atoms with van der Waals surface area (Å²) in [4.78, 5) is 19.4. The molecule has 1 saturated heterocycles. The van der Waals surface area contributed by atoms with Crippen LogP contribution in [-0.2, 0) is 4.74 Å². The first-order chi connectivity index (χ1) is 12.2. The Labute approximate surface area is 148 Å². The Hall–Kier alpha value is -2.18. The summed E-state index contributed by atoms with van der Waals surface area (Å²) >= 11 is 0. The average molecular weight is 343 g/mol. The Morgan fingerprint density at radius 3 is 2.88 bits per heavy atom. The van der Waals surface area contributed by atoms with Gasteiger partial charge in [0, 0.05) is 25.0 Å². The van der Waals surface area contributed by atoms with Crippen molar-refractivity contribution in [2.75, 3.05) is 46.5 Å². The Morgan fingerprint density at radius 2 is 2.12 bits per heavy atom. The lowest BCUT2D eigenvalue weighted by molar-refractivity contribution is 0.0374. The first kappa shape index (κ1) is 17.6. The van der Waals surface area contributed by atoms with Crippen LogP contribution in [0.1, 0.15) is 22.5 Å². The monoisotopic (exact) mass is 343 g/mol. The van der Waals surface area contributed by atoms with Gasteiger partial charge in [0.1, 0.15) is 5.75 Å². The van der Waals surface area contributed by atoms with Crippen LogP contribution in [0.25, 0.3) is 10.9 Å². The molecule has 0 aliphatic carbocycles. The van der Waals surface area contributed by atoms with Crippen molar-refractivity contribution in [1.82, 2.24) is 15.2 Å². The number of ether oxygens (including phenoxy) is 2. The number of aromatic nitrogens is 1. The summed E-state index contributed by atoms with van der Waals surface area (Å²) < 4.78 is 10.6. The Balaban J connectivity index is 1.59. The number of nitrogens with zero attached hydrogens (tertiary/aromatic N) is 2. The molecule has 1 amide bonds. The number of fused-ring (bicyclic) bond motifs is 1. The number of morpholine rings is 1. The third-order valence-electron chi connectivity index (χ3n) is 4.50. The summed E-state index contributed by atoms with van der Waals surface area (Å²) in [7, 11) is 1.63. The molecule has 0 bridgehead atoms. The molecule has 0 spiro atoms. The highest BCUT2D eigenvalue weighted by atomic mass is 16.5. The van der Waals surface area contributed by atoms with Gasteiger partial charge in [-0.1, -0.05) is 0 Å². The van der Waals surface area contributed by atoms with Crippen LogP contribution in [-0.4, -0.2) is 62.3 Å². The summed E-state index contributed by atoms with van der Waals surface area (Å²) in [5.74, 6) is 0.687. The topological polar surface area (TPSA) is 63.7 Å². The molecule has 1 fully saturated rings. The van der Waals surface area contributed by atoms with Crippen molar-refractivity contribution in [2.24, 2.45) is 0 Å². The molecule has 2 aromatic rings. The van der Waals surface area contributed by atoms with E-state index in [1.807, 2.05) is 31.2 Å². The Morgan fingerprint density at radius 1 is 1.32 bits per heavy atom. The van der Waals surface area contributed by atoms with E-state index in [9.17, 15) is 4.79 Å². The third-order valence-corrected chi connectivity index (χ3v) is 4.50. The zero-order valence-corrected chi connectivity index (χ0v) is 14.9. The van der Waals surface area contributed by atoms with Crippen LogP contribution in [0.3, 0.4) is 0 Å². The van der Waals surface area contributed by atoms with Crippen LogP contribution in [0.2, 0.25) is 0 Å². The normalized spacial score (nSPS) is 15.3. The molecule has 0 atom stereocenters. The number of hydrogen-bond donors (Lipinski definition) is 1. The molecule has 1 aromatic heterocycles. The molecule has 0 unspecified atom stereocenters. The van der Waals surface area contributed by atoms with Crippen molar-refractivity contribution >= 4 is 16.8 Å². The zero-order valence-electron chi connectivity index (χ0n) is 14.9. The van der Waals surface area contributed by atoms with Crippen LogP contribution in [0.4, 0.5) is 0 Å². The molecule has 0 saturated carbocycles. The molecule has 0 radical (unpaired) electrons. The first-order valence-corrected chi connectivity index (χ1v) is 8.71. The molecule has 6 heteroatoms. The average Bonchev–Trinajstić information content (AvgIpc) is 2.65. The lowest BCUT2D eigenvalue weighted by Crippen LogP contribution is -2.38. The largest absolute Gasteiger partial charge is 0.497 e. The van der Waals surface area contributed by atoms with E-state index in [1.165, 1.54) is 0 Å². The maximum absolute atomic E-state index is 12.5. The maximum atomic E-state index is 12.5. The van der Waals surface area contributed by atoms with Crippen LogP contribution >= 0.6 is 0 Å². The van der Waals surface area contributed by atoms with Crippen molar-refractivity contribution in [3.8, 4) is 5.75 Å².